The Kier molecular flexibility index (Phi) is 3.42. The molecule has 0 bridgehead atoms. The van der Waals surface area contributed by atoms with Gasteiger partial charge in [0.2, 0.25) is 0 Å². The van der Waals surface area contributed by atoms with Gasteiger partial charge < -0.3 is 10.3 Å². The fourth-order valence-corrected chi connectivity index (χ4v) is 1.74. The van der Waals surface area contributed by atoms with Crippen LogP contribution in [-0.4, -0.2) is 15.8 Å². The summed E-state index contributed by atoms with van der Waals surface area (Å²) in [6.45, 7) is 0. The monoisotopic (exact) mass is 309 g/mol. The van der Waals surface area contributed by atoms with E-state index in [0.717, 1.165) is 4.47 Å². The molecule has 18 heavy (non-hydrogen) atoms. The zero-order valence-electron chi connectivity index (χ0n) is 9.01. The van der Waals surface area contributed by atoms with Gasteiger partial charge in [-0.25, -0.2) is 0 Å². The molecule has 0 aliphatic carbocycles. The summed E-state index contributed by atoms with van der Waals surface area (Å²) in [5.74, 6) is -0.360. The Labute approximate surface area is 110 Å². The van der Waals surface area contributed by atoms with E-state index in [2.05, 4.69) is 26.2 Å². The molecule has 0 atom stereocenters. The number of hydrogen-bond donors (Lipinski definition) is 2. The number of carbonyl (C=O) groups is 1. The number of amides is 1. The number of nitro groups is 1. The van der Waals surface area contributed by atoms with E-state index < -0.39 is 4.92 Å². The Morgan fingerprint density at radius 2 is 2.17 bits per heavy atom. The van der Waals surface area contributed by atoms with Crippen LogP contribution < -0.4 is 5.32 Å². The van der Waals surface area contributed by atoms with Crippen molar-refractivity contribution in [3.8, 4) is 0 Å². The number of H-pyrrole nitrogens is 1. The van der Waals surface area contributed by atoms with Crippen molar-refractivity contribution in [2.45, 2.75) is 0 Å². The van der Waals surface area contributed by atoms with Crippen molar-refractivity contribution in [3.05, 3.63) is 56.8 Å². The number of rotatable bonds is 3. The summed E-state index contributed by atoms with van der Waals surface area (Å²) >= 11 is 3.22. The molecule has 1 amide bonds. The third kappa shape index (κ3) is 2.75. The number of carbonyl (C=O) groups excluding carboxylic acids is 1. The van der Waals surface area contributed by atoms with E-state index in [4.69, 9.17) is 0 Å². The van der Waals surface area contributed by atoms with Gasteiger partial charge in [-0.05, 0) is 28.1 Å². The minimum atomic E-state index is -0.513. The van der Waals surface area contributed by atoms with Crippen molar-refractivity contribution >= 4 is 33.2 Å². The van der Waals surface area contributed by atoms with Gasteiger partial charge in [-0.3, -0.25) is 14.9 Å². The van der Waals surface area contributed by atoms with Crippen molar-refractivity contribution < 1.29 is 9.72 Å². The average molecular weight is 310 g/mol. The van der Waals surface area contributed by atoms with Crippen LogP contribution in [0.2, 0.25) is 0 Å². The molecule has 0 spiro atoms. The summed E-state index contributed by atoms with van der Waals surface area (Å²) in [6, 6.07) is 7.38. The van der Waals surface area contributed by atoms with Gasteiger partial charge in [-0.2, -0.15) is 0 Å². The molecule has 2 N–H and O–H groups in total. The second-order valence-electron chi connectivity index (χ2n) is 3.49. The van der Waals surface area contributed by atoms with Crippen LogP contribution in [0.4, 0.5) is 11.4 Å². The molecule has 0 saturated carbocycles. The average Bonchev–Trinajstić information content (AvgIpc) is 2.76. The van der Waals surface area contributed by atoms with E-state index in [1.165, 1.54) is 18.2 Å². The number of halogens is 1. The molecule has 0 aliphatic heterocycles. The molecule has 0 aliphatic rings. The molecular formula is C11H8BrN3O3. The van der Waals surface area contributed by atoms with Crippen molar-refractivity contribution in [3.63, 3.8) is 0 Å². The maximum Gasteiger partial charge on any atom is 0.272 e. The maximum absolute atomic E-state index is 11.8. The number of anilines is 1. The first kappa shape index (κ1) is 12.3. The summed E-state index contributed by atoms with van der Waals surface area (Å²) in [5, 5.41) is 13.2. The summed E-state index contributed by atoms with van der Waals surface area (Å²) < 4.78 is 0.756. The SMILES string of the molecule is O=C(Nc1cccc([N+](=O)[O-])c1)c1cc(Br)c[nH]1. The Morgan fingerprint density at radius 3 is 2.78 bits per heavy atom. The highest BCUT2D eigenvalue weighted by Crippen LogP contribution is 2.18. The van der Waals surface area contributed by atoms with Crippen LogP contribution in [0, 0.1) is 10.1 Å². The standard InChI is InChI=1S/C11H8BrN3O3/c12-7-4-10(13-6-7)11(16)14-8-2-1-3-9(5-8)15(17)18/h1-6,13H,(H,14,16). The number of nitrogens with one attached hydrogen (secondary N) is 2. The Hall–Kier alpha value is -2.15. The lowest BCUT2D eigenvalue weighted by Gasteiger charge is -2.03. The largest absolute Gasteiger partial charge is 0.356 e. The molecule has 1 aromatic carbocycles. The van der Waals surface area contributed by atoms with E-state index in [0.29, 0.717) is 11.4 Å². The molecular weight excluding hydrogens is 302 g/mol. The first-order valence-electron chi connectivity index (χ1n) is 4.96. The molecule has 2 aromatic rings. The van der Waals surface area contributed by atoms with Crippen LogP contribution in [0.5, 0.6) is 0 Å². The van der Waals surface area contributed by atoms with Gasteiger partial charge in [0.15, 0.2) is 0 Å². The molecule has 92 valence electrons. The van der Waals surface area contributed by atoms with Gasteiger partial charge in [0.25, 0.3) is 11.6 Å². The zero-order valence-corrected chi connectivity index (χ0v) is 10.6. The summed E-state index contributed by atoms with van der Waals surface area (Å²) in [6.07, 6.45) is 1.63. The van der Waals surface area contributed by atoms with Crippen molar-refractivity contribution in [1.29, 1.82) is 0 Å². The maximum atomic E-state index is 11.8. The van der Waals surface area contributed by atoms with Gasteiger partial charge in [0, 0.05) is 28.5 Å². The number of hydrogen-bond acceptors (Lipinski definition) is 3. The van der Waals surface area contributed by atoms with Gasteiger partial charge in [0.1, 0.15) is 5.69 Å². The fraction of sp³-hybridized carbons (Fsp3) is 0. The van der Waals surface area contributed by atoms with E-state index in [1.807, 2.05) is 0 Å². The fourth-order valence-electron chi connectivity index (χ4n) is 1.39. The van der Waals surface area contributed by atoms with Gasteiger partial charge in [-0.1, -0.05) is 6.07 Å². The number of aromatic amines is 1. The van der Waals surface area contributed by atoms with Gasteiger partial charge in [-0.15, -0.1) is 0 Å². The van der Waals surface area contributed by atoms with E-state index in [-0.39, 0.29) is 11.6 Å². The van der Waals surface area contributed by atoms with Crippen LogP contribution in [0.25, 0.3) is 0 Å². The molecule has 1 heterocycles. The first-order valence-corrected chi connectivity index (χ1v) is 5.75. The second kappa shape index (κ2) is 5.01. The number of nitro benzene ring substituents is 1. The second-order valence-corrected chi connectivity index (χ2v) is 4.41. The predicted molar refractivity (Wildman–Crippen MR) is 69.5 cm³/mol. The minimum Gasteiger partial charge on any atom is -0.356 e. The predicted octanol–water partition coefficient (Wildman–Crippen LogP) is 2.94. The highest BCUT2D eigenvalue weighted by atomic mass is 79.9. The summed E-state index contributed by atoms with van der Waals surface area (Å²) in [5.41, 5.74) is 0.675. The Balaban J connectivity index is 2.16. The van der Waals surface area contributed by atoms with Crippen LogP contribution in [0.1, 0.15) is 10.5 Å². The van der Waals surface area contributed by atoms with Crippen LogP contribution >= 0.6 is 15.9 Å². The summed E-state index contributed by atoms with van der Waals surface area (Å²) in [4.78, 5) is 24.6. The third-order valence-corrected chi connectivity index (χ3v) is 2.67. The first-order chi connectivity index (χ1) is 8.56. The van der Waals surface area contributed by atoms with E-state index in [9.17, 15) is 14.9 Å². The highest BCUT2D eigenvalue weighted by Gasteiger charge is 2.10. The summed E-state index contributed by atoms with van der Waals surface area (Å²) in [7, 11) is 0. The topological polar surface area (TPSA) is 88.0 Å². The molecule has 0 unspecified atom stereocenters. The molecule has 0 fully saturated rings. The number of aromatic nitrogens is 1. The Morgan fingerprint density at radius 1 is 1.39 bits per heavy atom. The minimum absolute atomic E-state index is 0.0690. The molecule has 1 aromatic heterocycles. The number of nitrogens with zero attached hydrogens (tertiary/aromatic N) is 1. The van der Waals surface area contributed by atoms with Crippen LogP contribution in [0.3, 0.4) is 0 Å². The van der Waals surface area contributed by atoms with Crippen LogP contribution in [0.15, 0.2) is 41.0 Å². The van der Waals surface area contributed by atoms with E-state index in [1.54, 1.807) is 18.3 Å². The van der Waals surface area contributed by atoms with Crippen molar-refractivity contribution in [2.75, 3.05) is 5.32 Å². The van der Waals surface area contributed by atoms with Crippen molar-refractivity contribution in [2.24, 2.45) is 0 Å². The zero-order chi connectivity index (χ0) is 13.1. The molecule has 0 radical (unpaired) electrons. The van der Waals surface area contributed by atoms with Crippen LogP contribution in [-0.2, 0) is 0 Å². The molecule has 2 rings (SSSR count). The third-order valence-electron chi connectivity index (χ3n) is 2.21. The number of non-ortho nitro benzene ring substituents is 1. The normalized spacial score (nSPS) is 10.1. The number of benzene rings is 1. The van der Waals surface area contributed by atoms with Crippen molar-refractivity contribution in [1.82, 2.24) is 4.98 Å². The lowest BCUT2D eigenvalue weighted by molar-refractivity contribution is -0.384. The lowest BCUT2D eigenvalue weighted by Crippen LogP contribution is -2.12. The highest BCUT2D eigenvalue weighted by molar-refractivity contribution is 9.10. The smallest absolute Gasteiger partial charge is 0.272 e. The lowest BCUT2D eigenvalue weighted by atomic mass is 10.2. The molecule has 0 saturated heterocycles. The van der Waals surface area contributed by atoms with Gasteiger partial charge >= 0.3 is 0 Å². The van der Waals surface area contributed by atoms with E-state index >= 15 is 0 Å². The Bertz CT molecular complexity index is 609. The van der Waals surface area contributed by atoms with Gasteiger partial charge in [0.05, 0.1) is 4.92 Å². The quantitative estimate of drug-likeness (QED) is 0.675. The molecule has 7 heteroatoms. The molecule has 6 nitrogen and oxygen atoms in total.